The number of azide groups is 2. The molecule has 0 unspecified atom stereocenters. The molecular formula is C9H14N6. The predicted octanol–water partition coefficient (Wildman–Crippen LogP) is 3.70. The summed E-state index contributed by atoms with van der Waals surface area (Å²) >= 11 is 0. The summed E-state index contributed by atoms with van der Waals surface area (Å²) in [5, 5.41) is 7.78. The monoisotopic (exact) mass is 206 g/mol. The maximum Gasteiger partial charge on any atom is 0.0434 e. The number of nitrogens with zero attached hydrogens (tertiary/aromatic N) is 6. The van der Waals surface area contributed by atoms with E-state index in [0.29, 0.717) is 0 Å². The van der Waals surface area contributed by atoms with Gasteiger partial charge in [-0.1, -0.05) is 23.1 Å². The first kappa shape index (κ1) is 10.1. The van der Waals surface area contributed by atoms with Crippen LogP contribution >= 0.6 is 0 Å². The minimum atomic E-state index is -0.0154. The van der Waals surface area contributed by atoms with Crippen molar-refractivity contribution in [2.75, 3.05) is 0 Å². The Hall–Kier alpha value is -1.38. The number of hydrogen-bond donors (Lipinski definition) is 0. The minimum absolute atomic E-state index is 0.0154. The summed E-state index contributed by atoms with van der Waals surface area (Å²) in [5.74, 6) is 0. The van der Waals surface area contributed by atoms with E-state index >= 15 is 0 Å². The molecular weight excluding hydrogens is 192 g/mol. The fourth-order valence-corrected chi connectivity index (χ4v) is 3.31. The van der Waals surface area contributed by atoms with Gasteiger partial charge in [0.15, 0.2) is 0 Å². The molecule has 0 aromatic carbocycles. The van der Waals surface area contributed by atoms with Gasteiger partial charge in [0.05, 0.1) is 0 Å². The molecule has 1 spiro atoms. The van der Waals surface area contributed by atoms with Crippen molar-refractivity contribution in [3.05, 3.63) is 20.9 Å². The predicted molar refractivity (Wildman–Crippen MR) is 56.0 cm³/mol. The molecule has 3 atom stereocenters. The third-order valence-electron chi connectivity index (χ3n) is 3.95. The quantitative estimate of drug-likeness (QED) is 0.374. The van der Waals surface area contributed by atoms with Crippen LogP contribution in [0.1, 0.15) is 38.5 Å². The summed E-state index contributed by atoms with van der Waals surface area (Å²) in [6, 6.07) is 0.0843. The Morgan fingerprint density at radius 3 is 1.80 bits per heavy atom. The zero-order valence-corrected chi connectivity index (χ0v) is 8.58. The van der Waals surface area contributed by atoms with Gasteiger partial charge in [-0.2, -0.15) is 0 Å². The van der Waals surface area contributed by atoms with Crippen molar-refractivity contribution < 1.29 is 0 Å². The molecule has 2 aliphatic carbocycles. The fourth-order valence-electron chi connectivity index (χ4n) is 3.31. The van der Waals surface area contributed by atoms with Crippen LogP contribution in [0.2, 0.25) is 0 Å². The average molecular weight is 206 g/mol. The summed E-state index contributed by atoms with van der Waals surface area (Å²) in [5.41, 5.74) is 17.1. The molecule has 2 saturated carbocycles. The van der Waals surface area contributed by atoms with Crippen LogP contribution in [0.15, 0.2) is 10.2 Å². The molecule has 0 N–H and O–H groups in total. The Bertz CT molecular complexity index is 305. The topological polar surface area (TPSA) is 97.5 Å². The summed E-state index contributed by atoms with van der Waals surface area (Å²) < 4.78 is 0. The van der Waals surface area contributed by atoms with Gasteiger partial charge in [-0.25, -0.2) is 0 Å². The van der Waals surface area contributed by atoms with E-state index in [1.165, 1.54) is 0 Å². The molecule has 0 saturated heterocycles. The Labute approximate surface area is 87.9 Å². The minimum Gasteiger partial charge on any atom is -0.0900 e. The average Bonchev–Trinajstić information content (AvgIpc) is 2.79. The van der Waals surface area contributed by atoms with Gasteiger partial charge >= 0.3 is 0 Å². The van der Waals surface area contributed by atoms with E-state index in [-0.39, 0.29) is 17.5 Å². The second kappa shape index (κ2) is 4.01. The van der Waals surface area contributed by atoms with Gasteiger partial charge in [-0.05, 0) is 42.2 Å². The van der Waals surface area contributed by atoms with E-state index in [2.05, 4.69) is 20.1 Å². The van der Waals surface area contributed by atoms with E-state index in [0.717, 1.165) is 38.5 Å². The first-order chi connectivity index (χ1) is 7.33. The number of rotatable bonds is 2. The Morgan fingerprint density at radius 1 is 0.933 bits per heavy atom. The van der Waals surface area contributed by atoms with Crippen LogP contribution < -0.4 is 0 Å². The second-order valence-corrected chi connectivity index (χ2v) is 4.46. The lowest BCUT2D eigenvalue weighted by atomic mass is 9.78. The van der Waals surface area contributed by atoms with Crippen molar-refractivity contribution in [2.45, 2.75) is 50.6 Å². The summed E-state index contributed by atoms with van der Waals surface area (Å²) in [6.07, 6.45) is 6.14. The van der Waals surface area contributed by atoms with Crippen molar-refractivity contribution >= 4 is 0 Å². The molecule has 0 aromatic rings. The van der Waals surface area contributed by atoms with Gasteiger partial charge in [-0.3, -0.25) is 0 Å². The van der Waals surface area contributed by atoms with Gasteiger partial charge < -0.3 is 0 Å². The molecule has 0 aliphatic heterocycles. The summed E-state index contributed by atoms with van der Waals surface area (Å²) in [6.45, 7) is 0. The third kappa shape index (κ3) is 1.52. The first-order valence-corrected chi connectivity index (χ1v) is 5.42. The maximum atomic E-state index is 8.54. The molecule has 0 aromatic heterocycles. The van der Waals surface area contributed by atoms with E-state index in [1.54, 1.807) is 0 Å². The lowest BCUT2D eigenvalue weighted by Crippen LogP contribution is -2.34. The van der Waals surface area contributed by atoms with Crippen LogP contribution in [-0.2, 0) is 0 Å². The van der Waals surface area contributed by atoms with Crippen LogP contribution in [0.25, 0.3) is 20.9 Å². The van der Waals surface area contributed by atoms with Crippen molar-refractivity contribution in [3.8, 4) is 0 Å². The Morgan fingerprint density at radius 2 is 1.40 bits per heavy atom. The van der Waals surface area contributed by atoms with Gasteiger partial charge in [-0.15, -0.1) is 0 Å². The van der Waals surface area contributed by atoms with Crippen molar-refractivity contribution in [3.63, 3.8) is 0 Å². The van der Waals surface area contributed by atoms with Gasteiger partial charge in [0.25, 0.3) is 0 Å². The van der Waals surface area contributed by atoms with Crippen LogP contribution in [0, 0.1) is 5.41 Å². The highest BCUT2D eigenvalue weighted by molar-refractivity contribution is 5.07. The third-order valence-corrected chi connectivity index (χ3v) is 3.95. The zero-order chi connectivity index (χ0) is 10.7. The van der Waals surface area contributed by atoms with E-state index < -0.39 is 0 Å². The Balaban J connectivity index is 2.29. The molecule has 0 radical (unpaired) electrons. The molecule has 2 aliphatic rings. The highest BCUT2D eigenvalue weighted by Crippen LogP contribution is 2.53. The lowest BCUT2D eigenvalue weighted by Gasteiger charge is -2.32. The highest BCUT2D eigenvalue weighted by atomic mass is 15.2. The highest BCUT2D eigenvalue weighted by Gasteiger charge is 2.50. The molecule has 0 heterocycles. The molecule has 80 valence electrons. The zero-order valence-electron chi connectivity index (χ0n) is 8.58. The molecule has 0 amide bonds. The van der Waals surface area contributed by atoms with Crippen LogP contribution in [0.5, 0.6) is 0 Å². The van der Waals surface area contributed by atoms with Gasteiger partial charge in [0, 0.05) is 21.9 Å². The standard InChI is InChI=1S/C9H14N6/c10-14-12-7-3-1-5-9(7)6-2-4-8(9)13-15-11/h7-8H,1-6H2/t7-,8+,9-/m1/s1. The van der Waals surface area contributed by atoms with Gasteiger partial charge in [0.1, 0.15) is 0 Å². The van der Waals surface area contributed by atoms with E-state index in [9.17, 15) is 0 Å². The largest absolute Gasteiger partial charge is 0.0900 e. The van der Waals surface area contributed by atoms with Crippen LogP contribution in [-0.4, -0.2) is 12.1 Å². The van der Waals surface area contributed by atoms with Crippen molar-refractivity contribution in [2.24, 2.45) is 15.6 Å². The first-order valence-electron chi connectivity index (χ1n) is 5.42. The lowest BCUT2D eigenvalue weighted by molar-refractivity contribution is 0.234. The summed E-state index contributed by atoms with van der Waals surface area (Å²) in [7, 11) is 0. The second-order valence-electron chi connectivity index (χ2n) is 4.46. The molecule has 6 nitrogen and oxygen atoms in total. The smallest absolute Gasteiger partial charge is 0.0434 e. The molecule has 6 heteroatoms. The van der Waals surface area contributed by atoms with Crippen LogP contribution in [0.4, 0.5) is 0 Å². The molecule has 2 rings (SSSR count). The van der Waals surface area contributed by atoms with Gasteiger partial charge in [0.2, 0.25) is 0 Å². The van der Waals surface area contributed by atoms with Crippen molar-refractivity contribution in [1.29, 1.82) is 0 Å². The van der Waals surface area contributed by atoms with Crippen LogP contribution in [0.3, 0.4) is 0 Å². The van der Waals surface area contributed by atoms with Crippen molar-refractivity contribution in [1.82, 2.24) is 0 Å². The molecule has 2 fully saturated rings. The Kier molecular flexibility index (Phi) is 2.71. The SMILES string of the molecule is [N-]=[N+]=N[C@H]1CCC[C@@]12CCC[C@H]2N=[N+]=[N-]. The molecule has 15 heavy (non-hydrogen) atoms. The summed E-state index contributed by atoms with van der Waals surface area (Å²) in [4.78, 5) is 5.84. The molecule has 0 bridgehead atoms. The maximum absolute atomic E-state index is 8.54. The fraction of sp³-hybridized carbons (Fsp3) is 1.00. The number of hydrogen-bond acceptors (Lipinski definition) is 2. The normalized spacial score (nSPS) is 38.7. The van der Waals surface area contributed by atoms with E-state index in [1.807, 2.05) is 0 Å². The van der Waals surface area contributed by atoms with E-state index in [4.69, 9.17) is 11.1 Å².